The zero-order valence-corrected chi connectivity index (χ0v) is 27.9. The highest BCUT2D eigenvalue weighted by atomic mass is 32.1. The standard InChI is InChI=1S/C45H26N4OS/c1-3-12-27(13-4-1)43-46-44(28-14-5-2-6-15-28)48-45(47-43)29-22-23-40-32(24-29)33-25-34-39(26-41(33)51-40)50-38-21-11-20-37(42(34)38)49-35-18-9-7-16-30(35)31-17-8-10-19-36(31)49/h1-26H. The van der Waals surface area contributed by atoms with Crippen molar-refractivity contribution in [2.45, 2.75) is 0 Å². The molecule has 238 valence electrons. The Bertz CT molecular complexity index is 3030. The maximum absolute atomic E-state index is 6.59. The largest absolute Gasteiger partial charge is 0.456 e. The molecule has 0 saturated heterocycles. The maximum atomic E-state index is 6.59. The SMILES string of the molecule is c1ccc(-c2nc(-c3ccccc3)nc(-c3ccc4sc5cc6oc7cccc(-n8c9ccccc9c9ccccc98)c7c6cc5c4c3)n2)cc1. The minimum Gasteiger partial charge on any atom is -0.456 e. The molecule has 0 spiro atoms. The summed E-state index contributed by atoms with van der Waals surface area (Å²) in [5.41, 5.74) is 8.07. The third-order valence-electron chi connectivity index (χ3n) is 9.84. The summed E-state index contributed by atoms with van der Waals surface area (Å²) in [5, 5.41) is 7.03. The van der Waals surface area contributed by atoms with Crippen molar-refractivity contribution >= 4 is 75.3 Å². The van der Waals surface area contributed by atoms with E-state index >= 15 is 0 Å². The predicted octanol–water partition coefficient (Wildman–Crippen LogP) is 12.2. The topological polar surface area (TPSA) is 56.7 Å². The lowest BCUT2D eigenvalue weighted by atomic mass is 10.0. The van der Waals surface area contributed by atoms with E-state index in [0.717, 1.165) is 44.3 Å². The van der Waals surface area contributed by atoms with Crippen LogP contribution in [0.4, 0.5) is 0 Å². The fourth-order valence-electron chi connectivity index (χ4n) is 7.52. The maximum Gasteiger partial charge on any atom is 0.164 e. The number of aromatic nitrogens is 4. The van der Waals surface area contributed by atoms with Crippen LogP contribution in [0.15, 0.2) is 162 Å². The Morgan fingerprint density at radius 1 is 0.412 bits per heavy atom. The van der Waals surface area contributed by atoms with Crippen LogP contribution in [-0.4, -0.2) is 19.5 Å². The van der Waals surface area contributed by atoms with Gasteiger partial charge in [0.1, 0.15) is 11.2 Å². The van der Waals surface area contributed by atoms with E-state index in [4.69, 9.17) is 19.4 Å². The van der Waals surface area contributed by atoms with Gasteiger partial charge in [-0.3, -0.25) is 0 Å². The van der Waals surface area contributed by atoms with Gasteiger partial charge in [-0.2, -0.15) is 0 Å². The zero-order chi connectivity index (χ0) is 33.5. The normalized spacial score (nSPS) is 11.9. The molecule has 51 heavy (non-hydrogen) atoms. The van der Waals surface area contributed by atoms with Gasteiger partial charge in [-0.05, 0) is 54.6 Å². The van der Waals surface area contributed by atoms with Crippen LogP contribution in [0.3, 0.4) is 0 Å². The molecular weight excluding hydrogens is 645 g/mol. The van der Waals surface area contributed by atoms with Crippen LogP contribution in [0.2, 0.25) is 0 Å². The van der Waals surface area contributed by atoms with Gasteiger partial charge in [0.15, 0.2) is 17.5 Å². The third kappa shape index (κ3) is 4.37. The number of benzene rings is 7. The number of thiophene rings is 1. The van der Waals surface area contributed by atoms with E-state index in [9.17, 15) is 0 Å². The van der Waals surface area contributed by atoms with Crippen molar-refractivity contribution in [2.75, 3.05) is 0 Å². The lowest BCUT2D eigenvalue weighted by Gasteiger charge is -2.09. The fourth-order valence-corrected chi connectivity index (χ4v) is 8.62. The number of rotatable bonds is 4. The molecule has 4 aromatic heterocycles. The Morgan fingerprint density at radius 3 is 1.67 bits per heavy atom. The Balaban J connectivity index is 1.14. The van der Waals surface area contributed by atoms with Crippen LogP contribution in [0, 0.1) is 0 Å². The van der Waals surface area contributed by atoms with E-state index in [1.165, 1.54) is 42.0 Å². The van der Waals surface area contributed by atoms with Crippen LogP contribution in [0.25, 0.3) is 104 Å². The first-order chi connectivity index (χ1) is 25.3. The first kappa shape index (κ1) is 28.2. The van der Waals surface area contributed by atoms with Gasteiger partial charge in [-0.1, -0.05) is 103 Å². The van der Waals surface area contributed by atoms with Crippen LogP contribution in [-0.2, 0) is 0 Å². The number of hydrogen-bond donors (Lipinski definition) is 0. The molecule has 4 heterocycles. The van der Waals surface area contributed by atoms with Gasteiger partial charge in [-0.25, -0.2) is 15.0 Å². The predicted molar refractivity (Wildman–Crippen MR) is 211 cm³/mol. The second kappa shape index (κ2) is 10.9. The summed E-state index contributed by atoms with van der Waals surface area (Å²) in [7, 11) is 0. The second-order valence-electron chi connectivity index (χ2n) is 12.8. The molecule has 0 N–H and O–H groups in total. The number of furan rings is 1. The van der Waals surface area contributed by atoms with Crippen molar-refractivity contribution in [2.24, 2.45) is 0 Å². The Hall–Kier alpha value is -6.63. The van der Waals surface area contributed by atoms with E-state index in [1.54, 1.807) is 11.3 Å². The van der Waals surface area contributed by atoms with Gasteiger partial charge in [0.25, 0.3) is 0 Å². The molecule has 0 saturated carbocycles. The average Bonchev–Trinajstić information content (AvgIpc) is 3.86. The third-order valence-corrected chi connectivity index (χ3v) is 11.0. The van der Waals surface area contributed by atoms with Gasteiger partial charge in [-0.15, -0.1) is 11.3 Å². The second-order valence-corrected chi connectivity index (χ2v) is 13.9. The summed E-state index contributed by atoms with van der Waals surface area (Å²) in [6, 6.07) is 54.9. The summed E-state index contributed by atoms with van der Waals surface area (Å²) < 4.78 is 11.4. The van der Waals surface area contributed by atoms with E-state index in [1.807, 2.05) is 60.7 Å². The van der Waals surface area contributed by atoms with Crippen molar-refractivity contribution in [3.63, 3.8) is 0 Å². The monoisotopic (exact) mass is 670 g/mol. The molecule has 0 aliphatic heterocycles. The summed E-state index contributed by atoms with van der Waals surface area (Å²) in [4.78, 5) is 14.9. The molecule has 0 radical (unpaired) electrons. The van der Waals surface area contributed by atoms with Crippen molar-refractivity contribution in [3.05, 3.63) is 158 Å². The number of hydrogen-bond acceptors (Lipinski definition) is 5. The lowest BCUT2D eigenvalue weighted by Crippen LogP contribution is -2.00. The van der Waals surface area contributed by atoms with Gasteiger partial charge in [0.05, 0.1) is 22.1 Å². The number of fused-ring (bicyclic) bond motifs is 9. The van der Waals surface area contributed by atoms with E-state index < -0.39 is 0 Å². The molecule has 0 atom stereocenters. The molecule has 11 aromatic rings. The van der Waals surface area contributed by atoms with Crippen LogP contribution in [0.5, 0.6) is 0 Å². The summed E-state index contributed by atoms with van der Waals surface area (Å²) >= 11 is 1.78. The Kier molecular flexibility index (Phi) is 6.05. The molecule has 7 aromatic carbocycles. The first-order valence-electron chi connectivity index (χ1n) is 16.9. The van der Waals surface area contributed by atoms with Gasteiger partial charge >= 0.3 is 0 Å². The number of para-hydroxylation sites is 2. The van der Waals surface area contributed by atoms with Crippen LogP contribution >= 0.6 is 11.3 Å². The molecule has 5 nitrogen and oxygen atoms in total. The zero-order valence-electron chi connectivity index (χ0n) is 27.1. The molecule has 0 aliphatic carbocycles. The van der Waals surface area contributed by atoms with Crippen LogP contribution < -0.4 is 0 Å². The summed E-state index contributed by atoms with van der Waals surface area (Å²) in [5.74, 6) is 1.95. The van der Waals surface area contributed by atoms with E-state index in [2.05, 4.69) is 102 Å². The van der Waals surface area contributed by atoms with Crippen molar-refractivity contribution in [1.29, 1.82) is 0 Å². The average molecular weight is 671 g/mol. The first-order valence-corrected chi connectivity index (χ1v) is 17.8. The van der Waals surface area contributed by atoms with Gasteiger partial charge in [0, 0.05) is 53.0 Å². The number of nitrogens with zero attached hydrogens (tertiary/aromatic N) is 4. The highest BCUT2D eigenvalue weighted by Crippen LogP contribution is 2.43. The molecule has 6 heteroatoms. The molecule has 0 aliphatic rings. The Morgan fingerprint density at radius 2 is 1.00 bits per heavy atom. The summed E-state index contributed by atoms with van der Waals surface area (Å²) in [6.45, 7) is 0. The van der Waals surface area contributed by atoms with Crippen molar-refractivity contribution < 1.29 is 4.42 Å². The molecular formula is C45H26N4OS. The smallest absolute Gasteiger partial charge is 0.164 e. The van der Waals surface area contributed by atoms with E-state index in [0.29, 0.717) is 17.5 Å². The summed E-state index contributed by atoms with van der Waals surface area (Å²) in [6.07, 6.45) is 0. The molecule has 0 unspecified atom stereocenters. The van der Waals surface area contributed by atoms with Gasteiger partial charge in [0.2, 0.25) is 0 Å². The minimum absolute atomic E-state index is 0.646. The highest BCUT2D eigenvalue weighted by molar-refractivity contribution is 7.25. The molecule has 0 fully saturated rings. The fraction of sp³-hybridized carbons (Fsp3) is 0. The van der Waals surface area contributed by atoms with Crippen molar-refractivity contribution in [1.82, 2.24) is 19.5 Å². The minimum atomic E-state index is 0.646. The molecule has 0 bridgehead atoms. The van der Waals surface area contributed by atoms with Crippen molar-refractivity contribution in [3.8, 4) is 39.9 Å². The highest BCUT2D eigenvalue weighted by Gasteiger charge is 2.20. The quantitative estimate of drug-likeness (QED) is 0.187. The Labute approximate surface area is 295 Å². The van der Waals surface area contributed by atoms with E-state index in [-0.39, 0.29) is 0 Å². The molecule has 11 rings (SSSR count). The lowest BCUT2D eigenvalue weighted by molar-refractivity contribution is 0.669. The van der Waals surface area contributed by atoms with Gasteiger partial charge < -0.3 is 8.98 Å². The molecule has 0 amide bonds. The van der Waals surface area contributed by atoms with Crippen LogP contribution in [0.1, 0.15) is 0 Å².